The van der Waals surface area contributed by atoms with Crippen LogP contribution in [0.25, 0.3) is 0 Å². The van der Waals surface area contributed by atoms with Crippen molar-refractivity contribution in [2.75, 3.05) is 13.2 Å². The lowest BCUT2D eigenvalue weighted by Gasteiger charge is -2.14. The fourth-order valence-corrected chi connectivity index (χ4v) is 1.55. The smallest absolute Gasteiger partial charge is 0.123 e. The molecule has 1 aromatic rings. The monoisotopic (exact) mass is 198 g/mol. The number of benzene rings is 1. The summed E-state index contributed by atoms with van der Waals surface area (Å²) in [5.41, 5.74) is 0.841. The third-order valence-electron chi connectivity index (χ3n) is 2.28. The standard InChI is InChI=1S/C11H15FO2/c12-11-3-1-2-10(8-11)9(4-6-13)5-7-14/h1-3,8-9,13-14H,4-7H2. The van der Waals surface area contributed by atoms with Crippen LogP contribution in [-0.4, -0.2) is 23.4 Å². The molecule has 0 saturated carbocycles. The molecule has 0 atom stereocenters. The van der Waals surface area contributed by atoms with Crippen LogP contribution in [-0.2, 0) is 0 Å². The zero-order valence-corrected chi connectivity index (χ0v) is 7.99. The highest BCUT2D eigenvalue weighted by molar-refractivity contribution is 5.20. The first-order valence-corrected chi connectivity index (χ1v) is 4.75. The number of hydrogen-bond acceptors (Lipinski definition) is 2. The molecule has 0 saturated heterocycles. The minimum absolute atomic E-state index is 0.0423. The Morgan fingerprint density at radius 2 is 1.79 bits per heavy atom. The van der Waals surface area contributed by atoms with Gasteiger partial charge < -0.3 is 10.2 Å². The maximum atomic E-state index is 12.9. The van der Waals surface area contributed by atoms with E-state index in [2.05, 4.69) is 0 Å². The minimum Gasteiger partial charge on any atom is -0.396 e. The largest absolute Gasteiger partial charge is 0.396 e. The van der Waals surface area contributed by atoms with E-state index in [1.54, 1.807) is 6.07 Å². The number of aliphatic hydroxyl groups excluding tert-OH is 2. The van der Waals surface area contributed by atoms with Gasteiger partial charge in [0.15, 0.2) is 0 Å². The Kier molecular flexibility index (Phi) is 4.56. The summed E-state index contributed by atoms with van der Waals surface area (Å²) in [6.45, 7) is 0.113. The molecule has 0 unspecified atom stereocenters. The highest BCUT2D eigenvalue weighted by atomic mass is 19.1. The van der Waals surface area contributed by atoms with Crippen LogP contribution in [0.15, 0.2) is 24.3 Å². The van der Waals surface area contributed by atoms with Gasteiger partial charge in [-0.1, -0.05) is 12.1 Å². The Balaban J connectivity index is 2.75. The minimum atomic E-state index is -0.275. The molecule has 2 nitrogen and oxygen atoms in total. The van der Waals surface area contributed by atoms with Crippen molar-refractivity contribution in [3.05, 3.63) is 35.6 Å². The molecule has 0 fully saturated rings. The van der Waals surface area contributed by atoms with Crippen LogP contribution in [0, 0.1) is 5.82 Å². The predicted octanol–water partition coefficient (Wildman–Crippen LogP) is 1.67. The first-order chi connectivity index (χ1) is 6.77. The molecule has 14 heavy (non-hydrogen) atoms. The molecule has 1 rings (SSSR count). The molecule has 0 bridgehead atoms. The van der Waals surface area contributed by atoms with Crippen molar-refractivity contribution in [3.63, 3.8) is 0 Å². The average Bonchev–Trinajstić information content (AvgIpc) is 2.17. The van der Waals surface area contributed by atoms with Gasteiger partial charge in [-0.3, -0.25) is 0 Å². The van der Waals surface area contributed by atoms with Crippen LogP contribution in [0.2, 0.25) is 0 Å². The summed E-state index contributed by atoms with van der Waals surface area (Å²) in [6, 6.07) is 6.31. The van der Waals surface area contributed by atoms with Crippen molar-refractivity contribution in [1.82, 2.24) is 0 Å². The van der Waals surface area contributed by atoms with Crippen molar-refractivity contribution < 1.29 is 14.6 Å². The fraction of sp³-hybridized carbons (Fsp3) is 0.455. The molecule has 0 amide bonds. The van der Waals surface area contributed by atoms with Gasteiger partial charge in [0, 0.05) is 13.2 Å². The van der Waals surface area contributed by atoms with E-state index < -0.39 is 0 Å². The molecule has 0 aromatic heterocycles. The molecule has 78 valence electrons. The van der Waals surface area contributed by atoms with E-state index in [0.29, 0.717) is 12.8 Å². The Labute approximate surface area is 83.0 Å². The van der Waals surface area contributed by atoms with Gasteiger partial charge in [0.1, 0.15) is 5.82 Å². The third-order valence-corrected chi connectivity index (χ3v) is 2.28. The lowest BCUT2D eigenvalue weighted by Crippen LogP contribution is -2.04. The van der Waals surface area contributed by atoms with E-state index in [1.165, 1.54) is 12.1 Å². The molecule has 0 spiro atoms. The van der Waals surface area contributed by atoms with Crippen LogP contribution in [0.4, 0.5) is 4.39 Å². The number of halogens is 1. The van der Waals surface area contributed by atoms with Crippen LogP contribution in [0.1, 0.15) is 24.3 Å². The van der Waals surface area contributed by atoms with Gasteiger partial charge in [-0.2, -0.15) is 0 Å². The van der Waals surface area contributed by atoms with E-state index in [9.17, 15) is 4.39 Å². The second kappa shape index (κ2) is 5.73. The van der Waals surface area contributed by atoms with Crippen molar-refractivity contribution >= 4 is 0 Å². The topological polar surface area (TPSA) is 40.5 Å². The van der Waals surface area contributed by atoms with Gasteiger partial charge in [-0.25, -0.2) is 4.39 Å². The maximum absolute atomic E-state index is 12.9. The van der Waals surface area contributed by atoms with Crippen molar-refractivity contribution in [1.29, 1.82) is 0 Å². The first kappa shape index (κ1) is 11.1. The van der Waals surface area contributed by atoms with Gasteiger partial charge in [-0.15, -0.1) is 0 Å². The van der Waals surface area contributed by atoms with Gasteiger partial charge in [0.25, 0.3) is 0 Å². The van der Waals surface area contributed by atoms with Crippen molar-refractivity contribution in [2.24, 2.45) is 0 Å². The SMILES string of the molecule is OCCC(CCO)c1cccc(F)c1. The summed E-state index contributed by atoms with van der Waals surface area (Å²) in [4.78, 5) is 0. The summed E-state index contributed by atoms with van der Waals surface area (Å²) in [6.07, 6.45) is 1.12. The van der Waals surface area contributed by atoms with Crippen LogP contribution < -0.4 is 0 Å². The van der Waals surface area contributed by atoms with E-state index >= 15 is 0 Å². The van der Waals surface area contributed by atoms with E-state index in [-0.39, 0.29) is 24.9 Å². The number of hydrogen-bond donors (Lipinski definition) is 2. The van der Waals surface area contributed by atoms with Gasteiger partial charge in [0.2, 0.25) is 0 Å². The summed E-state index contributed by atoms with van der Waals surface area (Å²) < 4.78 is 12.9. The zero-order valence-electron chi connectivity index (χ0n) is 7.99. The second-order valence-corrected chi connectivity index (χ2v) is 3.28. The first-order valence-electron chi connectivity index (χ1n) is 4.75. The average molecular weight is 198 g/mol. The predicted molar refractivity (Wildman–Crippen MR) is 52.5 cm³/mol. The van der Waals surface area contributed by atoms with Gasteiger partial charge in [0.05, 0.1) is 0 Å². The summed E-state index contributed by atoms with van der Waals surface area (Å²) in [7, 11) is 0. The molecule has 0 aliphatic heterocycles. The third kappa shape index (κ3) is 3.09. The van der Waals surface area contributed by atoms with Crippen LogP contribution in [0.3, 0.4) is 0 Å². The molecule has 0 heterocycles. The van der Waals surface area contributed by atoms with Crippen LogP contribution in [0.5, 0.6) is 0 Å². The van der Waals surface area contributed by atoms with Gasteiger partial charge >= 0.3 is 0 Å². The van der Waals surface area contributed by atoms with Crippen LogP contribution >= 0.6 is 0 Å². The Hall–Kier alpha value is -0.930. The molecule has 0 aliphatic carbocycles. The Bertz CT molecular complexity index is 270. The maximum Gasteiger partial charge on any atom is 0.123 e. The summed E-state index contributed by atoms with van der Waals surface area (Å²) in [5, 5.41) is 17.6. The number of rotatable bonds is 5. The van der Waals surface area contributed by atoms with Crippen molar-refractivity contribution in [2.45, 2.75) is 18.8 Å². The van der Waals surface area contributed by atoms with E-state index in [4.69, 9.17) is 10.2 Å². The Morgan fingerprint density at radius 3 is 2.29 bits per heavy atom. The lowest BCUT2D eigenvalue weighted by molar-refractivity contribution is 0.241. The molecular weight excluding hydrogens is 183 g/mol. The molecule has 2 N–H and O–H groups in total. The van der Waals surface area contributed by atoms with Crippen molar-refractivity contribution in [3.8, 4) is 0 Å². The van der Waals surface area contributed by atoms with E-state index in [0.717, 1.165) is 5.56 Å². The Morgan fingerprint density at radius 1 is 1.14 bits per heavy atom. The fourth-order valence-electron chi connectivity index (χ4n) is 1.55. The normalized spacial score (nSPS) is 10.9. The second-order valence-electron chi connectivity index (χ2n) is 3.28. The number of aliphatic hydroxyl groups is 2. The summed E-state index contributed by atoms with van der Waals surface area (Å²) >= 11 is 0. The molecule has 1 aromatic carbocycles. The molecular formula is C11H15FO2. The molecule has 0 radical (unpaired) electrons. The zero-order chi connectivity index (χ0) is 10.4. The summed E-state index contributed by atoms with van der Waals surface area (Å²) in [5.74, 6) is -0.232. The lowest BCUT2D eigenvalue weighted by atomic mass is 9.93. The van der Waals surface area contributed by atoms with E-state index in [1.807, 2.05) is 6.07 Å². The molecule has 0 aliphatic rings. The quantitative estimate of drug-likeness (QED) is 0.755. The molecule has 3 heteroatoms. The van der Waals surface area contributed by atoms with Gasteiger partial charge in [-0.05, 0) is 36.5 Å². The highest BCUT2D eigenvalue weighted by Gasteiger charge is 2.10. The highest BCUT2D eigenvalue weighted by Crippen LogP contribution is 2.23.